The molecule has 3 aromatic rings. The molecule has 6 nitrogen and oxygen atoms in total. The van der Waals surface area contributed by atoms with Crippen molar-refractivity contribution in [3.05, 3.63) is 71.5 Å². The molecule has 0 saturated carbocycles. The summed E-state index contributed by atoms with van der Waals surface area (Å²) in [5.74, 6) is 0.532. The number of carboxylic acids is 1. The van der Waals surface area contributed by atoms with Crippen molar-refractivity contribution in [3.63, 3.8) is 0 Å². The summed E-state index contributed by atoms with van der Waals surface area (Å²) in [7, 11) is 0. The van der Waals surface area contributed by atoms with Gasteiger partial charge in [0.25, 0.3) is 0 Å². The lowest BCUT2D eigenvalue weighted by molar-refractivity contribution is -0.136. The number of rotatable bonds is 8. The van der Waals surface area contributed by atoms with E-state index >= 15 is 0 Å². The summed E-state index contributed by atoms with van der Waals surface area (Å²) in [5, 5.41) is 17.6. The summed E-state index contributed by atoms with van der Waals surface area (Å²) in [5.41, 5.74) is 2.20. The Morgan fingerprint density at radius 1 is 1.19 bits per heavy atom. The number of thioether (sulfide) groups is 1. The van der Waals surface area contributed by atoms with E-state index in [4.69, 9.17) is 4.74 Å². The quantitative estimate of drug-likeness (QED) is 0.597. The zero-order valence-corrected chi connectivity index (χ0v) is 16.0. The molecular weight excluding hydrogens is 362 g/mol. The summed E-state index contributed by atoms with van der Waals surface area (Å²) in [6.45, 7) is 4.45. The molecule has 1 atom stereocenters. The lowest BCUT2D eigenvalue weighted by Crippen LogP contribution is -2.14. The van der Waals surface area contributed by atoms with E-state index in [9.17, 15) is 9.90 Å². The standard InChI is InChI=1S/C20H21N3O3S/c1-14-7-6-10-17(11-14)26-13-18-21-22-20(27-15(2)19(24)25)23(18)12-16-8-4-3-5-9-16/h3-11,15H,12-13H2,1-2H3,(H,24,25)/t15-/m0/s1. The van der Waals surface area contributed by atoms with Gasteiger partial charge in [0.1, 0.15) is 17.6 Å². The van der Waals surface area contributed by atoms with Gasteiger partial charge in [0, 0.05) is 0 Å². The normalized spacial score (nSPS) is 11.9. The molecule has 1 heterocycles. The lowest BCUT2D eigenvalue weighted by Gasteiger charge is -2.12. The highest BCUT2D eigenvalue weighted by atomic mass is 32.2. The van der Waals surface area contributed by atoms with E-state index in [-0.39, 0.29) is 6.61 Å². The van der Waals surface area contributed by atoms with Gasteiger partial charge in [-0.2, -0.15) is 0 Å². The number of aromatic nitrogens is 3. The van der Waals surface area contributed by atoms with Gasteiger partial charge < -0.3 is 9.84 Å². The van der Waals surface area contributed by atoms with Crippen molar-refractivity contribution in [1.29, 1.82) is 0 Å². The number of hydrogen-bond donors (Lipinski definition) is 1. The van der Waals surface area contributed by atoms with Crippen LogP contribution in [0.5, 0.6) is 5.75 Å². The predicted molar refractivity (Wildman–Crippen MR) is 104 cm³/mol. The molecule has 0 spiro atoms. The van der Waals surface area contributed by atoms with Crippen molar-refractivity contribution in [2.24, 2.45) is 0 Å². The van der Waals surface area contributed by atoms with Crippen LogP contribution in [0.25, 0.3) is 0 Å². The van der Waals surface area contributed by atoms with Gasteiger partial charge in [-0.3, -0.25) is 9.36 Å². The number of hydrogen-bond acceptors (Lipinski definition) is 5. The molecule has 0 aliphatic rings. The summed E-state index contributed by atoms with van der Waals surface area (Å²) < 4.78 is 7.78. The highest BCUT2D eigenvalue weighted by Crippen LogP contribution is 2.24. The van der Waals surface area contributed by atoms with Gasteiger partial charge >= 0.3 is 5.97 Å². The van der Waals surface area contributed by atoms with Crippen LogP contribution < -0.4 is 4.74 Å². The van der Waals surface area contributed by atoms with Crippen LogP contribution >= 0.6 is 11.8 Å². The van der Waals surface area contributed by atoms with Gasteiger partial charge in [-0.15, -0.1) is 10.2 Å². The molecule has 0 aliphatic carbocycles. The van der Waals surface area contributed by atoms with Crippen LogP contribution in [0.4, 0.5) is 0 Å². The van der Waals surface area contributed by atoms with Crippen LogP contribution in [0.3, 0.4) is 0 Å². The molecule has 7 heteroatoms. The number of aliphatic carboxylic acids is 1. The Bertz CT molecular complexity index is 912. The van der Waals surface area contributed by atoms with E-state index in [0.29, 0.717) is 17.5 Å². The molecule has 1 aromatic heterocycles. The monoisotopic (exact) mass is 383 g/mol. The van der Waals surface area contributed by atoms with Gasteiger partial charge in [0.15, 0.2) is 11.0 Å². The minimum absolute atomic E-state index is 0.255. The molecule has 3 rings (SSSR count). The molecule has 27 heavy (non-hydrogen) atoms. The zero-order valence-electron chi connectivity index (χ0n) is 15.2. The van der Waals surface area contributed by atoms with E-state index < -0.39 is 11.2 Å². The average Bonchev–Trinajstić information content (AvgIpc) is 3.02. The first kappa shape index (κ1) is 19.0. The first-order chi connectivity index (χ1) is 13.0. The van der Waals surface area contributed by atoms with Crippen molar-refractivity contribution >= 4 is 17.7 Å². The third-order valence-corrected chi connectivity index (χ3v) is 5.03. The van der Waals surface area contributed by atoms with Crippen LogP contribution in [0.1, 0.15) is 23.9 Å². The topological polar surface area (TPSA) is 77.2 Å². The highest BCUT2D eigenvalue weighted by Gasteiger charge is 2.20. The number of carboxylic acid groups (broad SMARTS) is 1. The van der Waals surface area contributed by atoms with Gasteiger partial charge in [0.2, 0.25) is 0 Å². The first-order valence-corrected chi connectivity index (χ1v) is 9.46. The Kier molecular flexibility index (Phi) is 6.13. The molecule has 2 aromatic carbocycles. The third kappa shape index (κ3) is 5.10. The molecular formula is C20H21N3O3S. The second-order valence-electron chi connectivity index (χ2n) is 6.17. The largest absolute Gasteiger partial charge is 0.486 e. The van der Waals surface area contributed by atoms with Crippen molar-refractivity contribution in [2.75, 3.05) is 0 Å². The lowest BCUT2D eigenvalue weighted by atomic mass is 10.2. The summed E-state index contributed by atoms with van der Waals surface area (Å²) >= 11 is 1.18. The van der Waals surface area contributed by atoms with E-state index in [1.54, 1.807) is 6.92 Å². The smallest absolute Gasteiger partial charge is 0.316 e. The molecule has 0 unspecified atom stereocenters. The number of aryl methyl sites for hydroxylation is 1. The van der Waals surface area contributed by atoms with Gasteiger partial charge in [-0.1, -0.05) is 54.2 Å². The molecule has 0 saturated heterocycles. The van der Waals surface area contributed by atoms with Crippen LogP contribution in [0, 0.1) is 6.92 Å². The van der Waals surface area contributed by atoms with Gasteiger partial charge in [-0.25, -0.2) is 0 Å². The molecule has 1 N–H and O–H groups in total. The van der Waals surface area contributed by atoms with Crippen LogP contribution in [0.2, 0.25) is 0 Å². The SMILES string of the molecule is Cc1cccc(OCc2nnc(S[C@@H](C)C(=O)O)n2Cc2ccccc2)c1. The molecule has 0 radical (unpaired) electrons. The fourth-order valence-electron chi connectivity index (χ4n) is 2.50. The van der Waals surface area contributed by atoms with Crippen molar-refractivity contribution in [3.8, 4) is 5.75 Å². The minimum Gasteiger partial charge on any atom is -0.486 e. The molecule has 0 bridgehead atoms. The summed E-state index contributed by atoms with van der Waals surface area (Å²) in [6.07, 6.45) is 0. The number of ether oxygens (including phenoxy) is 1. The Morgan fingerprint density at radius 3 is 2.67 bits per heavy atom. The first-order valence-electron chi connectivity index (χ1n) is 8.58. The maximum absolute atomic E-state index is 11.2. The minimum atomic E-state index is -0.883. The molecule has 0 fully saturated rings. The zero-order chi connectivity index (χ0) is 19.2. The Hall–Kier alpha value is -2.80. The second kappa shape index (κ2) is 8.73. The summed E-state index contributed by atoms with van der Waals surface area (Å²) in [6, 6.07) is 17.7. The predicted octanol–water partition coefficient (Wildman–Crippen LogP) is 3.78. The highest BCUT2D eigenvalue weighted by molar-refractivity contribution is 8.00. The van der Waals surface area contributed by atoms with Gasteiger partial charge in [0.05, 0.1) is 6.54 Å². The Morgan fingerprint density at radius 2 is 1.96 bits per heavy atom. The molecule has 0 amide bonds. The third-order valence-electron chi connectivity index (χ3n) is 3.96. The van der Waals surface area contributed by atoms with Crippen molar-refractivity contribution in [1.82, 2.24) is 14.8 Å². The Labute approximate surface area is 162 Å². The van der Waals surface area contributed by atoms with Crippen LogP contribution in [-0.4, -0.2) is 31.1 Å². The average molecular weight is 383 g/mol. The van der Waals surface area contributed by atoms with Crippen molar-refractivity contribution < 1.29 is 14.6 Å². The number of carbonyl (C=O) groups is 1. The maximum Gasteiger partial charge on any atom is 0.316 e. The van der Waals surface area contributed by atoms with Crippen molar-refractivity contribution in [2.45, 2.75) is 37.4 Å². The fourth-order valence-corrected chi connectivity index (χ4v) is 3.30. The van der Waals surface area contributed by atoms with Crippen LogP contribution in [0.15, 0.2) is 59.8 Å². The fraction of sp³-hybridized carbons (Fsp3) is 0.250. The van der Waals surface area contributed by atoms with Gasteiger partial charge in [-0.05, 0) is 37.1 Å². The Balaban J connectivity index is 1.83. The molecule has 140 valence electrons. The maximum atomic E-state index is 11.2. The van der Waals surface area contributed by atoms with E-state index in [2.05, 4.69) is 10.2 Å². The van der Waals surface area contributed by atoms with E-state index in [1.807, 2.05) is 66.1 Å². The van der Waals surface area contributed by atoms with Crippen LogP contribution in [-0.2, 0) is 17.9 Å². The van der Waals surface area contributed by atoms with E-state index in [1.165, 1.54) is 11.8 Å². The van der Waals surface area contributed by atoms with E-state index in [0.717, 1.165) is 16.9 Å². The number of nitrogens with zero attached hydrogens (tertiary/aromatic N) is 3. The molecule has 0 aliphatic heterocycles. The second-order valence-corrected chi connectivity index (χ2v) is 7.48. The summed E-state index contributed by atoms with van der Waals surface area (Å²) in [4.78, 5) is 11.2. The number of benzene rings is 2.